The summed E-state index contributed by atoms with van der Waals surface area (Å²) in [5.41, 5.74) is 6.46. The van der Waals surface area contributed by atoms with E-state index in [-0.39, 0.29) is 0 Å². The number of benzene rings is 2. The maximum Gasteiger partial charge on any atom is 0.135 e. The van der Waals surface area contributed by atoms with Gasteiger partial charge in [-0.25, -0.2) is 0 Å². The van der Waals surface area contributed by atoms with E-state index < -0.39 is 0 Å². The van der Waals surface area contributed by atoms with Gasteiger partial charge in [-0.1, -0.05) is 13.0 Å². The van der Waals surface area contributed by atoms with Gasteiger partial charge in [0.05, 0.1) is 6.26 Å². The lowest BCUT2D eigenvalue weighted by Crippen LogP contribution is -2.13. The van der Waals surface area contributed by atoms with Crippen LogP contribution in [-0.2, 0) is 6.42 Å². The molecule has 1 aromatic heterocycles. The SMILES string of the molecule is CC[C@@H]1CCCc2cc(N(C)c3ccc4ccoc4c3)ccc21. The molecule has 0 bridgehead atoms. The summed E-state index contributed by atoms with van der Waals surface area (Å²) in [4.78, 5) is 2.25. The molecule has 0 fully saturated rings. The second kappa shape index (κ2) is 5.77. The predicted octanol–water partition coefficient (Wildman–Crippen LogP) is 6.03. The largest absolute Gasteiger partial charge is 0.464 e. The van der Waals surface area contributed by atoms with Crippen LogP contribution in [0.3, 0.4) is 0 Å². The number of fused-ring (bicyclic) bond motifs is 2. The third-order valence-corrected chi connectivity index (χ3v) is 5.27. The second-order valence-electron chi connectivity index (χ2n) is 6.58. The minimum Gasteiger partial charge on any atom is -0.464 e. The van der Waals surface area contributed by atoms with Crippen LogP contribution in [-0.4, -0.2) is 7.05 Å². The summed E-state index contributed by atoms with van der Waals surface area (Å²) in [7, 11) is 2.13. The molecule has 0 saturated carbocycles. The van der Waals surface area contributed by atoms with E-state index in [0.717, 1.165) is 22.6 Å². The third kappa shape index (κ3) is 2.52. The molecule has 0 N–H and O–H groups in total. The fourth-order valence-electron chi connectivity index (χ4n) is 3.84. The number of anilines is 2. The zero-order valence-electron chi connectivity index (χ0n) is 13.9. The molecule has 1 aliphatic rings. The number of hydrogen-bond acceptors (Lipinski definition) is 2. The maximum atomic E-state index is 5.54. The van der Waals surface area contributed by atoms with Crippen LogP contribution in [0.1, 0.15) is 43.2 Å². The van der Waals surface area contributed by atoms with Crippen molar-refractivity contribution in [2.75, 3.05) is 11.9 Å². The quantitative estimate of drug-likeness (QED) is 0.587. The van der Waals surface area contributed by atoms with Gasteiger partial charge in [0, 0.05) is 29.9 Å². The van der Waals surface area contributed by atoms with E-state index in [9.17, 15) is 0 Å². The Bertz CT molecular complexity index is 833. The molecule has 0 spiro atoms. The number of furan rings is 1. The van der Waals surface area contributed by atoms with Crippen LogP contribution in [0.2, 0.25) is 0 Å². The summed E-state index contributed by atoms with van der Waals surface area (Å²) < 4.78 is 5.54. The van der Waals surface area contributed by atoms with Gasteiger partial charge in [0.15, 0.2) is 0 Å². The molecule has 0 radical (unpaired) electrons. The van der Waals surface area contributed by atoms with E-state index in [1.54, 1.807) is 11.8 Å². The van der Waals surface area contributed by atoms with Crippen LogP contribution >= 0.6 is 0 Å². The molecule has 2 heteroatoms. The molecule has 1 aliphatic carbocycles. The number of rotatable bonds is 3. The lowest BCUT2D eigenvalue weighted by Gasteiger charge is -2.27. The lowest BCUT2D eigenvalue weighted by molar-refractivity contribution is 0.540. The zero-order valence-corrected chi connectivity index (χ0v) is 13.9. The predicted molar refractivity (Wildman–Crippen MR) is 96.7 cm³/mol. The van der Waals surface area contributed by atoms with Crippen molar-refractivity contribution in [3.8, 4) is 0 Å². The summed E-state index contributed by atoms with van der Waals surface area (Å²) in [6, 6.07) is 15.4. The number of aryl methyl sites for hydroxylation is 1. The standard InChI is InChI=1S/C21H23NO/c1-3-15-5-4-6-17-13-18(9-10-20(15)17)22(2)19-8-7-16-11-12-23-21(16)14-19/h7-15H,3-6H2,1-2H3/t15-/m1/s1. The average molecular weight is 305 g/mol. The minimum atomic E-state index is 0.748. The van der Waals surface area contributed by atoms with Crippen LogP contribution in [0.25, 0.3) is 11.0 Å². The Morgan fingerprint density at radius 3 is 2.78 bits per heavy atom. The van der Waals surface area contributed by atoms with Gasteiger partial charge >= 0.3 is 0 Å². The van der Waals surface area contributed by atoms with Crippen LogP contribution < -0.4 is 4.90 Å². The van der Waals surface area contributed by atoms with Crippen molar-refractivity contribution in [1.82, 2.24) is 0 Å². The highest BCUT2D eigenvalue weighted by Crippen LogP contribution is 2.37. The highest BCUT2D eigenvalue weighted by atomic mass is 16.3. The first-order chi connectivity index (χ1) is 11.3. The second-order valence-corrected chi connectivity index (χ2v) is 6.58. The lowest BCUT2D eigenvalue weighted by atomic mass is 9.81. The smallest absolute Gasteiger partial charge is 0.135 e. The van der Waals surface area contributed by atoms with Crippen LogP contribution in [0.5, 0.6) is 0 Å². The molecule has 0 saturated heterocycles. The molecule has 0 unspecified atom stereocenters. The van der Waals surface area contributed by atoms with Gasteiger partial charge in [0.2, 0.25) is 0 Å². The molecular formula is C21H23NO. The van der Waals surface area contributed by atoms with Gasteiger partial charge in [-0.3, -0.25) is 0 Å². The summed E-state index contributed by atoms with van der Waals surface area (Å²) in [6.45, 7) is 2.30. The molecule has 2 aromatic carbocycles. The average Bonchev–Trinajstić information content (AvgIpc) is 3.07. The maximum absolute atomic E-state index is 5.54. The van der Waals surface area contributed by atoms with Crippen molar-refractivity contribution in [2.45, 2.75) is 38.5 Å². The van der Waals surface area contributed by atoms with E-state index in [1.165, 1.54) is 36.9 Å². The number of nitrogens with zero attached hydrogens (tertiary/aromatic N) is 1. The van der Waals surface area contributed by atoms with E-state index in [0.29, 0.717) is 0 Å². The van der Waals surface area contributed by atoms with Gasteiger partial charge in [-0.05, 0) is 73.1 Å². The van der Waals surface area contributed by atoms with Gasteiger partial charge in [-0.2, -0.15) is 0 Å². The van der Waals surface area contributed by atoms with E-state index in [1.807, 2.05) is 6.07 Å². The first kappa shape index (κ1) is 14.4. The molecule has 23 heavy (non-hydrogen) atoms. The third-order valence-electron chi connectivity index (χ3n) is 5.27. The highest BCUT2D eigenvalue weighted by molar-refractivity contribution is 5.82. The van der Waals surface area contributed by atoms with E-state index in [2.05, 4.69) is 55.3 Å². The molecule has 1 heterocycles. The van der Waals surface area contributed by atoms with Crippen LogP contribution in [0, 0.1) is 0 Å². The minimum absolute atomic E-state index is 0.748. The zero-order chi connectivity index (χ0) is 15.8. The molecule has 3 aromatic rings. The van der Waals surface area contributed by atoms with Crippen molar-refractivity contribution >= 4 is 22.3 Å². The molecule has 1 atom stereocenters. The molecule has 0 amide bonds. The molecule has 118 valence electrons. The summed E-state index contributed by atoms with van der Waals surface area (Å²) in [5, 5.41) is 1.15. The number of hydrogen-bond donors (Lipinski definition) is 0. The van der Waals surface area contributed by atoms with Gasteiger partial charge in [-0.15, -0.1) is 0 Å². The van der Waals surface area contributed by atoms with Crippen molar-refractivity contribution < 1.29 is 4.42 Å². The Hall–Kier alpha value is -2.22. The first-order valence-corrected chi connectivity index (χ1v) is 8.60. The molecule has 0 aliphatic heterocycles. The van der Waals surface area contributed by atoms with Crippen molar-refractivity contribution in [3.63, 3.8) is 0 Å². The Balaban J connectivity index is 1.69. The Kier molecular flexibility index (Phi) is 3.60. The summed E-state index contributed by atoms with van der Waals surface area (Å²) in [6.07, 6.45) is 6.87. The van der Waals surface area contributed by atoms with Crippen LogP contribution in [0.15, 0.2) is 53.1 Å². The van der Waals surface area contributed by atoms with Crippen molar-refractivity contribution in [2.24, 2.45) is 0 Å². The van der Waals surface area contributed by atoms with Crippen molar-refractivity contribution in [3.05, 3.63) is 59.9 Å². The van der Waals surface area contributed by atoms with E-state index >= 15 is 0 Å². The van der Waals surface area contributed by atoms with Gasteiger partial charge in [0.1, 0.15) is 5.58 Å². The Morgan fingerprint density at radius 2 is 1.91 bits per heavy atom. The summed E-state index contributed by atoms with van der Waals surface area (Å²) in [5.74, 6) is 0.748. The normalized spacial score (nSPS) is 17.2. The Labute approximate surface area is 137 Å². The van der Waals surface area contributed by atoms with Crippen molar-refractivity contribution in [1.29, 1.82) is 0 Å². The topological polar surface area (TPSA) is 16.4 Å². The molecule has 4 rings (SSSR count). The van der Waals surface area contributed by atoms with Gasteiger partial charge in [0.25, 0.3) is 0 Å². The summed E-state index contributed by atoms with van der Waals surface area (Å²) >= 11 is 0. The highest BCUT2D eigenvalue weighted by Gasteiger charge is 2.19. The molecular weight excluding hydrogens is 282 g/mol. The monoisotopic (exact) mass is 305 g/mol. The first-order valence-electron chi connectivity index (χ1n) is 8.60. The fraction of sp³-hybridized carbons (Fsp3) is 0.333. The van der Waals surface area contributed by atoms with Gasteiger partial charge < -0.3 is 9.32 Å². The fourth-order valence-corrected chi connectivity index (χ4v) is 3.84. The molecule has 2 nitrogen and oxygen atoms in total. The Morgan fingerprint density at radius 1 is 1.09 bits per heavy atom. The van der Waals surface area contributed by atoms with E-state index in [4.69, 9.17) is 4.42 Å². The van der Waals surface area contributed by atoms with Crippen LogP contribution in [0.4, 0.5) is 11.4 Å².